The highest BCUT2D eigenvalue weighted by atomic mass is 32.2. The van der Waals surface area contributed by atoms with Gasteiger partial charge >= 0.3 is 11.9 Å². The Hall–Kier alpha value is -1.45. The maximum Gasteiger partial charge on any atom is 0.348 e. The van der Waals surface area contributed by atoms with E-state index in [1.54, 1.807) is 0 Å². The van der Waals surface area contributed by atoms with E-state index in [-0.39, 0.29) is 10.4 Å². The lowest BCUT2D eigenvalue weighted by atomic mass is 10.3. The predicted molar refractivity (Wildman–Crippen MR) is 58.4 cm³/mol. The van der Waals surface area contributed by atoms with E-state index in [4.69, 9.17) is 5.14 Å². The van der Waals surface area contributed by atoms with E-state index in [9.17, 15) is 18.0 Å². The number of carbonyl (C=O) groups is 2. The average molecular weight is 279 g/mol. The van der Waals surface area contributed by atoms with Gasteiger partial charge in [-0.25, -0.2) is 23.1 Å². The van der Waals surface area contributed by atoms with Crippen LogP contribution in [0.4, 0.5) is 0 Å². The number of esters is 2. The summed E-state index contributed by atoms with van der Waals surface area (Å²) in [5.74, 6) is -1.64. The fraction of sp³-hybridized carbons (Fsp3) is 0.250. The Morgan fingerprint density at radius 3 is 2.18 bits per heavy atom. The van der Waals surface area contributed by atoms with Gasteiger partial charge in [0.15, 0.2) is 0 Å². The number of methoxy groups -OCH3 is 2. The fourth-order valence-corrected chi connectivity index (χ4v) is 3.02. The summed E-state index contributed by atoms with van der Waals surface area (Å²) in [6, 6.07) is 1.07. The minimum absolute atomic E-state index is 0.0445. The minimum atomic E-state index is -4.10. The Morgan fingerprint density at radius 2 is 1.76 bits per heavy atom. The fourth-order valence-electron chi connectivity index (χ4n) is 1.04. The molecule has 0 radical (unpaired) electrons. The molecule has 0 aromatic carbocycles. The Kier molecular flexibility index (Phi) is 3.86. The first-order valence-electron chi connectivity index (χ1n) is 4.14. The third-order valence-electron chi connectivity index (χ3n) is 1.75. The van der Waals surface area contributed by atoms with Gasteiger partial charge in [0.25, 0.3) is 0 Å². The van der Waals surface area contributed by atoms with Crippen LogP contribution in [0.25, 0.3) is 0 Å². The number of sulfonamides is 1. The topological polar surface area (TPSA) is 113 Å². The van der Waals surface area contributed by atoms with E-state index in [2.05, 4.69) is 9.47 Å². The lowest BCUT2D eigenvalue weighted by molar-refractivity contribution is 0.0597. The summed E-state index contributed by atoms with van der Waals surface area (Å²) in [7, 11) is -1.88. The number of hydrogen-bond donors (Lipinski definition) is 1. The third kappa shape index (κ3) is 2.81. The Bertz CT molecular complexity index is 559. The number of ether oxygens (including phenoxy) is 2. The zero-order valence-corrected chi connectivity index (χ0v) is 10.6. The van der Waals surface area contributed by atoms with Crippen molar-refractivity contribution in [2.24, 2.45) is 5.14 Å². The molecule has 1 rings (SSSR count). The molecule has 0 bridgehead atoms. The second-order valence-corrected chi connectivity index (χ2v) is 5.65. The first-order chi connectivity index (χ1) is 7.81. The van der Waals surface area contributed by atoms with Gasteiger partial charge in [-0.05, 0) is 6.07 Å². The van der Waals surface area contributed by atoms with Gasteiger partial charge in [-0.3, -0.25) is 0 Å². The highest BCUT2D eigenvalue weighted by Crippen LogP contribution is 2.27. The number of carbonyl (C=O) groups excluding carboxylic acids is 2. The lowest BCUT2D eigenvalue weighted by Crippen LogP contribution is -2.14. The zero-order chi connectivity index (χ0) is 13.2. The first-order valence-corrected chi connectivity index (χ1v) is 6.50. The highest BCUT2D eigenvalue weighted by molar-refractivity contribution is 7.91. The largest absolute Gasteiger partial charge is 0.465 e. The quantitative estimate of drug-likeness (QED) is 0.777. The standard InChI is InChI=1S/C8H9NO6S2/c1-14-6(10)4-3-5(7(11)15-2)16-8(4)17(9,12)13/h3H,1-2H3,(H2,9,12,13). The Morgan fingerprint density at radius 1 is 1.24 bits per heavy atom. The van der Waals surface area contributed by atoms with E-state index < -0.39 is 26.2 Å². The van der Waals surface area contributed by atoms with E-state index >= 15 is 0 Å². The van der Waals surface area contributed by atoms with Gasteiger partial charge in [0.2, 0.25) is 10.0 Å². The van der Waals surface area contributed by atoms with E-state index in [0.717, 1.165) is 20.3 Å². The molecule has 0 amide bonds. The van der Waals surface area contributed by atoms with Crippen molar-refractivity contribution in [1.82, 2.24) is 0 Å². The van der Waals surface area contributed by atoms with Crippen LogP contribution in [-0.4, -0.2) is 34.6 Å². The van der Waals surface area contributed by atoms with Gasteiger partial charge in [0.1, 0.15) is 9.09 Å². The molecule has 0 saturated heterocycles. The van der Waals surface area contributed by atoms with Crippen molar-refractivity contribution in [2.45, 2.75) is 4.21 Å². The Labute approximate surface area is 101 Å². The molecule has 0 saturated carbocycles. The van der Waals surface area contributed by atoms with Crippen molar-refractivity contribution in [1.29, 1.82) is 0 Å². The molecule has 0 unspecified atom stereocenters. The highest BCUT2D eigenvalue weighted by Gasteiger charge is 2.26. The number of thiophene rings is 1. The molecule has 2 N–H and O–H groups in total. The van der Waals surface area contributed by atoms with Crippen molar-refractivity contribution in [2.75, 3.05) is 14.2 Å². The van der Waals surface area contributed by atoms with E-state index in [1.807, 2.05) is 0 Å². The van der Waals surface area contributed by atoms with Crippen LogP contribution in [0.5, 0.6) is 0 Å². The molecule has 0 spiro atoms. The predicted octanol–water partition coefficient (Wildman–Crippen LogP) is -0.0313. The van der Waals surface area contributed by atoms with E-state index in [1.165, 1.54) is 0 Å². The zero-order valence-electron chi connectivity index (χ0n) is 8.92. The summed E-state index contributed by atoms with van der Waals surface area (Å²) in [5.41, 5.74) is -0.277. The molecule has 0 atom stereocenters. The van der Waals surface area contributed by atoms with Crippen molar-refractivity contribution in [3.8, 4) is 0 Å². The average Bonchev–Trinajstić information content (AvgIpc) is 2.71. The van der Waals surface area contributed by atoms with Crippen LogP contribution in [0, 0.1) is 0 Å². The number of rotatable bonds is 3. The second-order valence-electron chi connectivity index (χ2n) is 2.84. The van der Waals surface area contributed by atoms with Crippen molar-refractivity contribution in [3.05, 3.63) is 16.5 Å². The molecule has 1 aromatic heterocycles. The second kappa shape index (κ2) is 4.82. The van der Waals surface area contributed by atoms with Gasteiger partial charge < -0.3 is 9.47 Å². The first kappa shape index (κ1) is 13.6. The summed E-state index contributed by atoms with van der Waals surface area (Å²) in [4.78, 5) is 22.5. The molecule has 0 fully saturated rings. The molecular formula is C8H9NO6S2. The summed E-state index contributed by atoms with van der Waals surface area (Å²) < 4.78 is 30.8. The van der Waals surface area contributed by atoms with Gasteiger partial charge in [-0.1, -0.05) is 0 Å². The monoisotopic (exact) mass is 279 g/mol. The summed E-state index contributed by atoms with van der Waals surface area (Å²) in [6.07, 6.45) is 0. The molecule has 1 heterocycles. The molecule has 94 valence electrons. The summed E-state index contributed by atoms with van der Waals surface area (Å²) in [5, 5.41) is 4.93. The summed E-state index contributed by atoms with van der Waals surface area (Å²) in [6.45, 7) is 0. The van der Waals surface area contributed by atoms with Gasteiger partial charge in [0, 0.05) is 0 Å². The van der Waals surface area contributed by atoms with Crippen molar-refractivity contribution in [3.63, 3.8) is 0 Å². The van der Waals surface area contributed by atoms with Crippen molar-refractivity contribution < 1.29 is 27.5 Å². The number of primary sulfonamides is 1. The lowest BCUT2D eigenvalue weighted by Gasteiger charge is -1.98. The van der Waals surface area contributed by atoms with E-state index in [0.29, 0.717) is 11.3 Å². The maximum atomic E-state index is 11.3. The van der Waals surface area contributed by atoms with Crippen LogP contribution in [0.1, 0.15) is 20.0 Å². The summed E-state index contributed by atoms with van der Waals surface area (Å²) >= 11 is 0.554. The maximum absolute atomic E-state index is 11.3. The Balaban J connectivity index is 3.42. The van der Waals surface area contributed by atoms with Crippen molar-refractivity contribution >= 4 is 33.3 Å². The minimum Gasteiger partial charge on any atom is -0.465 e. The molecule has 9 heteroatoms. The number of hydrogen-bond acceptors (Lipinski definition) is 7. The smallest absolute Gasteiger partial charge is 0.348 e. The van der Waals surface area contributed by atoms with Crippen LogP contribution < -0.4 is 5.14 Å². The molecule has 17 heavy (non-hydrogen) atoms. The van der Waals surface area contributed by atoms with Gasteiger partial charge in [-0.2, -0.15) is 0 Å². The van der Waals surface area contributed by atoms with Crippen LogP contribution in [0.3, 0.4) is 0 Å². The molecular weight excluding hydrogens is 270 g/mol. The van der Waals surface area contributed by atoms with Crippen LogP contribution in [0.15, 0.2) is 10.3 Å². The third-order valence-corrected chi connectivity index (χ3v) is 4.34. The molecule has 1 aromatic rings. The van der Waals surface area contributed by atoms with Crippen LogP contribution in [0.2, 0.25) is 0 Å². The molecule has 0 aliphatic heterocycles. The van der Waals surface area contributed by atoms with Gasteiger partial charge in [0.05, 0.1) is 19.8 Å². The molecule has 0 aliphatic carbocycles. The SMILES string of the molecule is COC(=O)c1cc(C(=O)OC)c(S(N)(=O)=O)s1. The number of nitrogens with two attached hydrogens (primary N) is 1. The van der Waals surface area contributed by atoms with Crippen LogP contribution in [-0.2, 0) is 19.5 Å². The molecule has 0 aliphatic rings. The van der Waals surface area contributed by atoms with Crippen LogP contribution >= 0.6 is 11.3 Å². The van der Waals surface area contributed by atoms with Gasteiger partial charge in [-0.15, -0.1) is 11.3 Å². The normalized spacial score (nSPS) is 11.0. The molecule has 7 nitrogen and oxygen atoms in total.